The van der Waals surface area contributed by atoms with Gasteiger partial charge < -0.3 is 20.9 Å². The molecule has 5 nitrogen and oxygen atoms in total. The van der Waals surface area contributed by atoms with Crippen molar-refractivity contribution in [2.45, 2.75) is 12.0 Å². The Hall–Kier alpha value is -2.11. The van der Waals surface area contributed by atoms with Gasteiger partial charge in [-0.1, -0.05) is 24.3 Å². The van der Waals surface area contributed by atoms with E-state index in [-0.39, 0.29) is 19.1 Å². The lowest BCUT2D eigenvalue weighted by molar-refractivity contribution is 0.0265. The molecule has 0 radical (unpaired) electrons. The fraction of sp³-hybridized carbons (Fsp3) is 0.312. The Labute approximate surface area is 122 Å². The van der Waals surface area contributed by atoms with E-state index in [1.807, 2.05) is 24.3 Å². The van der Waals surface area contributed by atoms with Crippen LogP contribution in [0.3, 0.4) is 0 Å². The van der Waals surface area contributed by atoms with Gasteiger partial charge in [0.05, 0.1) is 12.2 Å². The van der Waals surface area contributed by atoms with Crippen LogP contribution in [0.15, 0.2) is 36.4 Å². The second-order valence-electron chi connectivity index (χ2n) is 5.50. The third-order valence-corrected chi connectivity index (χ3v) is 3.82. The lowest BCUT2D eigenvalue weighted by Gasteiger charge is -2.21. The van der Waals surface area contributed by atoms with Crippen molar-refractivity contribution < 1.29 is 14.6 Å². The van der Waals surface area contributed by atoms with Crippen LogP contribution in [0.5, 0.6) is 0 Å². The van der Waals surface area contributed by atoms with Crippen molar-refractivity contribution in [2.75, 3.05) is 25.5 Å². The summed E-state index contributed by atoms with van der Waals surface area (Å²) in [6.07, 6.45) is 0.528. The first-order valence-electron chi connectivity index (χ1n) is 6.94. The van der Waals surface area contributed by atoms with E-state index in [0.29, 0.717) is 24.3 Å². The molecule has 1 heterocycles. The van der Waals surface area contributed by atoms with E-state index in [1.165, 1.54) is 0 Å². The Bertz CT molecular complexity index is 678. The smallest absolute Gasteiger partial charge is 0.253 e. The predicted octanol–water partition coefficient (Wildman–Crippen LogP) is 1.30. The molecule has 1 saturated heterocycles. The van der Waals surface area contributed by atoms with E-state index in [1.54, 1.807) is 12.1 Å². The summed E-state index contributed by atoms with van der Waals surface area (Å²) in [6, 6.07) is 11.3. The highest BCUT2D eigenvalue weighted by Gasteiger charge is 2.32. The van der Waals surface area contributed by atoms with Crippen LogP contribution in [0.25, 0.3) is 10.8 Å². The molecule has 4 N–H and O–H groups in total. The molecule has 110 valence electrons. The molecule has 1 fully saturated rings. The zero-order valence-electron chi connectivity index (χ0n) is 11.6. The number of nitrogens with two attached hydrogens (primary N) is 1. The van der Waals surface area contributed by atoms with Crippen molar-refractivity contribution in [2.24, 2.45) is 0 Å². The number of benzene rings is 2. The lowest BCUT2D eigenvalue weighted by Crippen LogP contribution is -2.43. The van der Waals surface area contributed by atoms with Crippen LogP contribution in [-0.2, 0) is 4.74 Å². The Kier molecular flexibility index (Phi) is 3.53. The van der Waals surface area contributed by atoms with Gasteiger partial charge in [0.1, 0.15) is 5.60 Å². The highest BCUT2D eigenvalue weighted by molar-refractivity contribution is 6.03. The molecular weight excluding hydrogens is 268 g/mol. The summed E-state index contributed by atoms with van der Waals surface area (Å²) in [5.74, 6) is -0.279. The molecular formula is C16H18N2O3. The minimum absolute atomic E-state index is 0.165. The maximum absolute atomic E-state index is 12.3. The fourth-order valence-corrected chi connectivity index (χ4v) is 2.53. The van der Waals surface area contributed by atoms with Crippen molar-refractivity contribution >= 4 is 22.4 Å². The number of nitrogen functional groups attached to an aromatic ring is 1. The van der Waals surface area contributed by atoms with Crippen LogP contribution < -0.4 is 11.1 Å². The van der Waals surface area contributed by atoms with Crippen LogP contribution in [0.1, 0.15) is 16.8 Å². The highest BCUT2D eigenvalue weighted by atomic mass is 16.5. The average Bonchev–Trinajstić information content (AvgIpc) is 2.91. The number of carbonyl (C=O) groups excluding carboxylic acids is 1. The van der Waals surface area contributed by atoms with Crippen LogP contribution in [0.4, 0.5) is 5.69 Å². The molecule has 3 rings (SSSR count). The first-order chi connectivity index (χ1) is 10.1. The van der Waals surface area contributed by atoms with Gasteiger partial charge in [-0.05, 0) is 22.9 Å². The standard InChI is InChI=1S/C16H18N2O3/c17-14-8-12-4-2-1-3-11(12)7-13(14)15(19)18-9-16(20)5-6-21-10-16/h1-4,7-8,20H,5-6,9-10,17H2,(H,18,19). The second-order valence-corrected chi connectivity index (χ2v) is 5.50. The van der Waals surface area contributed by atoms with Crippen molar-refractivity contribution in [1.29, 1.82) is 0 Å². The molecule has 5 heteroatoms. The number of carbonyl (C=O) groups is 1. The summed E-state index contributed by atoms with van der Waals surface area (Å²) >= 11 is 0. The second kappa shape index (κ2) is 5.35. The topological polar surface area (TPSA) is 84.6 Å². The number of rotatable bonds is 3. The van der Waals surface area contributed by atoms with Gasteiger partial charge in [0.2, 0.25) is 0 Å². The molecule has 21 heavy (non-hydrogen) atoms. The first-order valence-corrected chi connectivity index (χ1v) is 6.94. The summed E-state index contributed by atoms with van der Waals surface area (Å²) in [5.41, 5.74) is 5.84. The van der Waals surface area contributed by atoms with Gasteiger partial charge in [0.25, 0.3) is 5.91 Å². The summed E-state index contributed by atoms with van der Waals surface area (Å²) in [4.78, 5) is 12.3. The quantitative estimate of drug-likeness (QED) is 0.743. The molecule has 0 aliphatic carbocycles. The van der Waals surface area contributed by atoms with E-state index >= 15 is 0 Å². The molecule has 1 aliphatic rings. The van der Waals surface area contributed by atoms with E-state index in [0.717, 1.165) is 10.8 Å². The number of hydrogen-bond acceptors (Lipinski definition) is 4. The first kappa shape index (κ1) is 13.9. The number of aliphatic hydroxyl groups is 1. The number of amides is 1. The normalized spacial score (nSPS) is 21.6. The third kappa shape index (κ3) is 2.84. The van der Waals surface area contributed by atoms with Gasteiger partial charge in [-0.15, -0.1) is 0 Å². The van der Waals surface area contributed by atoms with Crippen molar-refractivity contribution in [1.82, 2.24) is 5.32 Å². The molecule has 1 aliphatic heterocycles. The summed E-state index contributed by atoms with van der Waals surface area (Å²) in [5, 5.41) is 14.8. The van der Waals surface area contributed by atoms with Gasteiger partial charge >= 0.3 is 0 Å². The Balaban J connectivity index is 1.79. The Morgan fingerprint density at radius 2 is 2.05 bits per heavy atom. The van der Waals surface area contributed by atoms with Crippen molar-refractivity contribution in [3.05, 3.63) is 42.0 Å². The third-order valence-electron chi connectivity index (χ3n) is 3.82. The summed E-state index contributed by atoms with van der Waals surface area (Å²) < 4.78 is 5.15. The largest absolute Gasteiger partial charge is 0.398 e. The van der Waals surface area contributed by atoms with E-state index in [9.17, 15) is 9.90 Å². The highest BCUT2D eigenvalue weighted by Crippen LogP contribution is 2.22. The van der Waals surface area contributed by atoms with Crippen molar-refractivity contribution in [3.63, 3.8) is 0 Å². The van der Waals surface area contributed by atoms with E-state index in [4.69, 9.17) is 10.5 Å². The van der Waals surface area contributed by atoms with Crippen molar-refractivity contribution in [3.8, 4) is 0 Å². The van der Waals surface area contributed by atoms with E-state index < -0.39 is 5.60 Å². The molecule has 0 saturated carbocycles. The minimum atomic E-state index is -0.971. The van der Waals surface area contributed by atoms with Crippen LogP contribution in [0.2, 0.25) is 0 Å². The number of nitrogens with one attached hydrogen (secondary N) is 1. The molecule has 2 aromatic rings. The van der Waals surface area contributed by atoms with Crippen LogP contribution >= 0.6 is 0 Å². The molecule has 0 spiro atoms. The van der Waals surface area contributed by atoms with Crippen LogP contribution in [0, 0.1) is 0 Å². The van der Waals surface area contributed by atoms with Gasteiger partial charge in [-0.25, -0.2) is 0 Å². The lowest BCUT2D eigenvalue weighted by atomic mass is 10.0. The maximum atomic E-state index is 12.3. The van der Waals surface area contributed by atoms with Gasteiger partial charge in [-0.2, -0.15) is 0 Å². The SMILES string of the molecule is Nc1cc2ccccc2cc1C(=O)NCC1(O)CCOC1. The minimum Gasteiger partial charge on any atom is -0.398 e. The van der Waals surface area contributed by atoms with Gasteiger partial charge in [-0.3, -0.25) is 4.79 Å². The maximum Gasteiger partial charge on any atom is 0.253 e. The number of anilines is 1. The molecule has 1 amide bonds. The molecule has 1 unspecified atom stereocenters. The predicted molar refractivity (Wildman–Crippen MR) is 81.1 cm³/mol. The Morgan fingerprint density at radius 3 is 2.71 bits per heavy atom. The number of ether oxygens (including phenoxy) is 1. The monoisotopic (exact) mass is 286 g/mol. The fourth-order valence-electron chi connectivity index (χ4n) is 2.53. The molecule has 0 aromatic heterocycles. The van der Waals surface area contributed by atoms with Gasteiger partial charge in [0, 0.05) is 25.3 Å². The molecule has 2 aromatic carbocycles. The van der Waals surface area contributed by atoms with Gasteiger partial charge in [0.15, 0.2) is 0 Å². The Morgan fingerprint density at radius 1 is 1.33 bits per heavy atom. The average molecular weight is 286 g/mol. The van der Waals surface area contributed by atoms with E-state index in [2.05, 4.69) is 5.32 Å². The number of hydrogen-bond donors (Lipinski definition) is 3. The van der Waals surface area contributed by atoms with Crippen LogP contribution in [-0.4, -0.2) is 36.4 Å². The molecule has 1 atom stereocenters. The molecule has 0 bridgehead atoms. The zero-order valence-corrected chi connectivity index (χ0v) is 11.6. The zero-order chi connectivity index (χ0) is 14.9. The summed E-state index contributed by atoms with van der Waals surface area (Å²) in [7, 11) is 0. The summed E-state index contributed by atoms with van der Waals surface area (Å²) in [6.45, 7) is 0.934. The number of fused-ring (bicyclic) bond motifs is 1.